The van der Waals surface area contributed by atoms with E-state index in [1.54, 1.807) is 43.5 Å². The number of fused-ring (bicyclic) bond motifs is 1. The average Bonchev–Trinajstić information content (AvgIpc) is 3.14. The second-order valence-corrected chi connectivity index (χ2v) is 7.17. The van der Waals surface area contributed by atoms with Crippen LogP contribution >= 0.6 is 23.2 Å². The van der Waals surface area contributed by atoms with Crippen LogP contribution in [0.4, 0.5) is 5.69 Å². The van der Waals surface area contributed by atoms with E-state index in [1.807, 2.05) is 12.1 Å². The standard InChI is InChI=1S/C22H21Cl2N3O4/c1-29-8-9-31-21-7-6-16(13-25-21)27-22(28)20(30-2)5-3-4-15-10-14-11-17(23)18(24)12-19(14)26-15/h3-7,10-13,26H,8-9H2,1-2H3,(H,27,28)/b4-3+,20-5-. The number of hydrogen-bond acceptors (Lipinski definition) is 5. The van der Waals surface area contributed by atoms with Gasteiger partial charge in [0, 0.05) is 29.8 Å². The minimum Gasteiger partial charge on any atom is -0.491 e. The Hall–Kier alpha value is -3.00. The molecule has 0 aliphatic carbocycles. The highest BCUT2D eigenvalue weighted by atomic mass is 35.5. The van der Waals surface area contributed by atoms with Crippen LogP contribution in [-0.4, -0.2) is 43.3 Å². The van der Waals surface area contributed by atoms with Crippen molar-refractivity contribution in [3.05, 3.63) is 70.2 Å². The first-order chi connectivity index (χ1) is 15.0. The van der Waals surface area contributed by atoms with Crippen molar-refractivity contribution in [2.24, 2.45) is 0 Å². The molecule has 2 heterocycles. The van der Waals surface area contributed by atoms with Crippen molar-refractivity contribution in [2.45, 2.75) is 0 Å². The number of carbonyl (C=O) groups excluding carboxylic acids is 1. The highest BCUT2D eigenvalue weighted by molar-refractivity contribution is 6.42. The maximum absolute atomic E-state index is 12.4. The molecule has 0 unspecified atom stereocenters. The number of allylic oxidation sites excluding steroid dienone is 2. The van der Waals surface area contributed by atoms with Crippen molar-refractivity contribution in [1.82, 2.24) is 9.97 Å². The zero-order chi connectivity index (χ0) is 22.2. The molecule has 7 nitrogen and oxygen atoms in total. The number of nitrogens with zero attached hydrogens (tertiary/aromatic N) is 1. The molecule has 0 aliphatic heterocycles. The number of pyridine rings is 1. The van der Waals surface area contributed by atoms with Crippen LogP contribution in [0, 0.1) is 0 Å². The number of nitrogens with one attached hydrogen (secondary N) is 2. The zero-order valence-corrected chi connectivity index (χ0v) is 18.5. The van der Waals surface area contributed by atoms with E-state index in [-0.39, 0.29) is 5.76 Å². The normalized spacial score (nSPS) is 11.8. The number of hydrogen-bond donors (Lipinski definition) is 2. The van der Waals surface area contributed by atoms with Gasteiger partial charge in [-0.05, 0) is 36.4 Å². The summed E-state index contributed by atoms with van der Waals surface area (Å²) in [7, 11) is 3.02. The first-order valence-electron chi connectivity index (χ1n) is 9.29. The van der Waals surface area contributed by atoms with Crippen LogP contribution in [0.3, 0.4) is 0 Å². The van der Waals surface area contributed by atoms with Gasteiger partial charge in [0.05, 0.1) is 35.6 Å². The maximum atomic E-state index is 12.4. The quantitative estimate of drug-likeness (QED) is 0.201. The predicted octanol–water partition coefficient (Wildman–Crippen LogP) is 5.08. The SMILES string of the molecule is COCCOc1ccc(NC(=O)/C(=C/C=C/c2cc3cc(Cl)c(Cl)cc3[nH]2)OC)cn1. The number of H-pyrrole nitrogens is 1. The fourth-order valence-electron chi connectivity index (χ4n) is 2.68. The molecule has 3 aromatic rings. The number of aromatic nitrogens is 2. The van der Waals surface area contributed by atoms with Crippen LogP contribution < -0.4 is 10.1 Å². The summed E-state index contributed by atoms with van der Waals surface area (Å²) in [6.45, 7) is 0.865. The van der Waals surface area contributed by atoms with E-state index in [4.69, 9.17) is 37.4 Å². The molecule has 9 heteroatoms. The highest BCUT2D eigenvalue weighted by Crippen LogP contribution is 2.28. The number of anilines is 1. The molecule has 1 aromatic carbocycles. The lowest BCUT2D eigenvalue weighted by Crippen LogP contribution is -2.15. The van der Waals surface area contributed by atoms with Crippen molar-refractivity contribution in [1.29, 1.82) is 0 Å². The Balaban J connectivity index is 1.63. The largest absolute Gasteiger partial charge is 0.491 e. The third-order valence-electron chi connectivity index (χ3n) is 4.18. The van der Waals surface area contributed by atoms with E-state index in [2.05, 4.69) is 15.3 Å². The summed E-state index contributed by atoms with van der Waals surface area (Å²) in [6, 6.07) is 8.84. The Bertz CT molecular complexity index is 1070. The lowest BCUT2D eigenvalue weighted by atomic mass is 10.2. The number of carbonyl (C=O) groups is 1. The predicted molar refractivity (Wildman–Crippen MR) is 123 cm³/mol. The number of methoxy groups -OCH3 is 2. The Morgan fingerprint density at radius 1 is 1.16 bits per heavy atom. The van der Waals surface area contributed by atoms with Crippen LogP contribution in [-0.2, 0) is 14.3 Å². The second-order valence-electron chi connectivity index (χ2n) is 6.35. The fraction of sp³-hybridized carbons (Fsp3) is 0.182. The third-order valence-corrected chi connectivity index (χ3v) is 4.90. The molecule has 0 aliphatic rings. The van der Waals surface area contributed by atoms with Gasteiger partial charge in [-0.2, -0.15) is 0 Å². The molecule has 0 saturated carbocycles. The molecule has 1 amide bonds. The van der Waals surface area contributed by atoms with Crippen LogP contribution in [0.25, 0.3) is 17.0 Å². The molecule has 2 aromatic heterocycles. The highest BCUT2D eigenvalue weighted by Gasteiger charge is 2.10. The molecule has 0 atom stereocenters. The average molecular weight is 462 g/mol. The van der Waals surface area contributed by atoms with Gasteiger partial charge in [0.25, 0.3) is 5.91 Å². The van der Waals surface area contributed by atoms with Gasteiger partial charge in [-0.25, -0.2) is 4.98 Å². The maximum Gasteiger partial charge on any atom is 0.290 e. The first kappa shape index (κ1) is 22.7. The number of aromatic amines is 1. The Labute approximate surface area is 189 Å². The van der Waals surface area contributed by atoms with Gasteiger partial charge in [-0.1, -0.05) is 29.3 Å². The van der Waals surface area contributed by atoms with Gasteiger partial charge in [0.2, 0.25) is 5.88 Å². The van der Waals surface area contributed by atoms with Crippen molar-refractivity contribution in [2.75, 3.05) is 32.8 Å². The molecular formula is C22H21Cl2N3O4. The van der Waals surface area contributed by atoms with Crippen LogP contribution in [0.5, 0.6) is 5.88 Å². The van der Waals surface area contributed by atoms with Crippen molar-refractivity contribution < 1.29 is 19.0 Å². The molecular weight excluding hydrogens is 441 g/mol. The van der Waals surface area contributed by atoms with Gasteiger partial charge >= 0.3 is 0 Å². The topological polar surface area (TPSA) is 85.5 Å². The summed E-state index contributed by atoms with van der Waals surface area (Å²) in [5.74, 6) is 0.178. The fourth-order valence-corrected chi connectivity index (χ4v) is 3.01. The van der Waals surface area contributed by atoms with Crippen molar-refractivity contribution in [3.63, 3.8) is 0 Å². The summed E-state index contributed by atoms with van der Waals surface area (Å²) in [5.41, 5.74) is 2.21. The van der Waals surface area contributed by atoms with E-state index in [1.165, 1.54) is 13.3 Å². The Kier molecular flexibility index (Phi) is 7.94. The Morgan fingerprint density at radius 2 is 1.97 bits per heavy atom. The second kappa shape index (κ2) is 10.9. The van der Waals surface area contributed by atoms with Crippen molar-refractivity contribution in [3.8, 4) is 5.88 Å². The lowest BCUT2D eigenvalue weighted by molar-refractivity contribution is -0.115. The molecule has 0 bridgehead atoms. The van der Waals surface area contributed by atoms with Gasteiger partial charge in [0.1, 0.15) is 6.61 Å². The number of halogens is 2. The van der Waals surface area contributed by atoms with Gasteiger partial charge in [0.15, 0.2) is 5.76 Å². The van der Waals surface area contributed by atoms with Gasteiger partial charge < -0.3 is 24.5 Å². The number of rotatable bonds is 9. The summed E-state index contributed by atoms with van der Waals surface area (Å²) in [5, 5.41) is 4.63. The summed E-state index contributed by atoms with van der Waals surface area (Å²) in [6.07, 6.45) is 6.58. The number of benzene rings is 1. The molecule has 162 valence electrons. The molecule has 0 radical (unpaired) electrons. The third kappa shape index (κ3) is 6.24. The van der Waals surface area contributed by atoms with E-state index in [0.717, 1.165) is 16.6 Å². The Morgan fingerprint density at radius 3 is 2.68 bits per heavy atom. The van der Waals surface area contributed by atoms with Crippen LogP contribution in [0.15, 0.2) is 54.4 Å². The minimum atomic E-state index is -0.405. The van der Waals surface area contributed by atoms with Gasteiger partial charge in [-0.3, -0.25) is 4.79 Å². The van der Waals surface area contributed by atoms with E-state index < -0.39 is 5.91 Å². The van der Waals surface area contributed by atoms with Crippen LogP contribution in [0.1, 0.15) is 5.69 Å². The van der Waals surface area contributed by atoms with Crippen LogP contribution in [0.2, 0.25) is 10.0 Å². The first-order valence-corrected chi connectivity index (χ1v) is 10.0. The summed E-state index contributed by atoms with van der Waals surface area (Å²) < 4.78 is 15.5. The molecule has 3 rings (SSSR count). The summed E-state index contributed by atoms with van der Waals surface area (Å²) >= 11 is 12.1. The number of amides is 1. The van der Waals surface area contributed by atoms with E-state index in [0.29, 0.717) is 34.8 Å². The molecule has 0 fully saturated rings. The molecule has 0 saturated heterocycles. The lowest BCUT2D eigenvalue weighted by Gasteiger charge is -2.08. The monoisotopic (exact) mass is 461 g/mol. The minimum absolute atomic E-state index is 0.138. The van der Waals surface area contributed by atoms with Gasteiger partial charge in [-0.15, -0.1) is 0 Å². The molecule has 2 N–H and O–H groups in total. The zero-order valence-electron chi connectivity index (χ0n) is 16.9. The molecule has 0 spiro atoms. The molecule has 31 heavy (non-hydrogen) atoms. The summed E-state index contributed by atoms with van der Waals surface area (Å²) in [4.78, 5) is 19.8. The van der Waals surface area contributed by atoms with E-state index >= 15 is 0 Å². The van der Waals surface area contributed by atoms with Crippen molar-refractivity contribution >= 4 is 51.8 Å². The van der Waals surface area contributed by atoms with E-state index in [9.17, 15) is 4.79 Å². The number of ether oxygens (including phenoxy) is 3. The smallest absolute Gasteiger partial charge is 0.290 e.